The van der Waals surface area contributed by atoms with Crippen molar-refractivity contribution in [2.45, 2.75) is 13.0 Å². The van der Waals surface area contributed by atoms with E-state index in [9.17, 15) is 5.26 Å². The maximum atomic E-state index is 9.58. The number of nitriles is 1. The van der Waals surface area contributed by atoms with Gasteiger partial charge < -0.3 is 10.1 Å². The number of morpholine rings is 1. The molecule has 0 spiro atoms. The van der Waals surface area contributed by atoms with Gasteiger partial charge in [-0.2, -0.15) is 5.26 Å². The molecule has 1 aliphatic heterocycles. The second-order valence-electron chi connectivity index (χ2n) is 7.13. The SMILES string of the molecule is Cc1ccc(C(CNc2c(C#N)cnc3ccccc23)N2CCOCC2)cc1. The molecule has 1 aliphatic rings. The molecule has 1 atom stereocenters. The Morgan fingerprint density at radius 2 is 1.89 bits per heavy atom. The standard InChI is InChI=1S/C23H24N4O/c1-17-6-8-18(9-7-17)22(27-10-12-28-13-11-27)16-26-23-19(14-24)15-25-21-5-3-2-4-20(21)23/h2-9,15,22H,10-13,16H2,1H3,(H,25,26). The summed E-state index contributed by atoms with van der Waals surface area (Å²) < 4.78 is 5.55. The molecule has 3 aromatic rings. The number of ether oxygens (including phenoxy) is 1. The lowest BCUT2D eigenvalue weighted by Crippen LogP contribution is -2.41. The zero-order valence-corrected chi connectivity index (χ0v) is 16.1. The summed E-state index contributed by atoms with van der Waals surface area (Å²) in [6.45, 7) is 6.14. The Kier molecular flexibility index (Phi) is 5.52. The predicted octanol–water partition coefficient (Wildman–Crippen LogP) is 3.90. The Hall–Kier alpha value is -2.94. The van der Waals surface area contributed by atoms with Crippen molar-refractivity contribution in [3.63, 3.8) is 0 Å². The molecule has 28 heavy (non-hydrogen) atoms. The monoisotopic (exact) mass is 372 g/mol. The number of para-hydroxylation sites is 1. The van der Waals surface area contributed by atoms with E-state index in [1.54, 1.807) is 6.20 Å². The highest BCUT2D eigenvalue weighted by Crippen LogP contribution is 2.28. The number of aryl methyl sites for hydroxylation is 1. The van der Waals surface area contributed by atoms with E-state index in [1.165, 1.54) is 11.1 Å². The first-order valence-electron chi connectivity index (χ1n) is 9.66. The second kappa shape index (κ2) is 8.39. The minimum absolute atomic E-state index is 0.211. The van der Waals surface area contributed by atoms with E-state index in [0.717, 1.165) is 42.9 Å². The Balaban J connectivity index is 1.65. The highest BCUT2D eigenvalue weighted by Gasteiger charge is 2.23. The molecule has 2 heterocycles. The third kappa shape index (κ3) is 3.84. The molecule has 1 N–H and O–H groups in total. The molecule has 2 aromatic carbocycles. The van der Waals surface area contributed by atoms with Crippen molar-refractivity contribution < 1.29 is 4.74 Å². The van der Waals surface area contributed by atoms with E-state index in [-0.39, 0.29) is 6.04 Å². The summed E-state index contributed by atoms with van der Waals surface area (Å²) in [6.07, 6.45) is 1.65. The zero-order valence-electron chi connectivity index (χ0n) is 16.1. The van der Waals surface area contributed by atoms with Crippen molar-refractivity contribution in [3.8, 4) is 6.07 Å². The number of nitrogens with one attached hydrogen (secondary N) is 1. The number of hydrogen-bond donors (Lipinski definition) is 1. The molecule has 142 valence electrons. The summed E-state index contributed by atoms with van der Waals surface area (Å²) in [5.41, 5.74) is 4.85. The van der Waals surface area contributed by atoms with Gasteiger partial charge in [-0.15, -0.1) is 0 Å². The van der Waals surface area contributed by atoms with Gasteiger partial charge in [-0.3, -0.25) is 9.88 Å². The van der Waals surface area contributed by atoms with E-state index in [4.69, 9.17) is 4.74 Å². The summed E-state index contributed by atoms with van der Waals surface area (Å²) in [5.74, 6) is 0. The highest BCUT2D eigenvalue weighted by molar-refractivity contribution is 5.93. The number of rotatable bonds is 5. The van der Waals surface area contributed by atoms with Crippen LogP contribution in [0.15, 0.2) is 54.7 Å². The number of nitrogens with zero attached hydrogens (tertiary/aromatic N) is 3. The van der Waals surface area contributed by atoms with Crippen LogP contribution in [0.3, 0.4) is 0 Å². The largest absolute Gasteiger partial charge is 0.381 e. The summed E-state index contributed by atoms with van der Waals surface area (Å²) in [7, 11) is 0. The molecule has 0 bridgehead atoms. The fourth-order valence-corrected chi connectivity index (χ4v) is 3.75. The highest BCUT2D eigenvalue weighted by atomic mass is 16.5. The molecule has 5 heteroatoms. The summed E-state index contributed by atoms with van der Waals surface area (Å²) in [6, 6.07) is 19.1. The van der Waals surface area contributed by atoms with Crippen LogP contribution in [0.5, 0.6) is 0 Å². The quantitative estimate of drug-likeness (QED) is 0.736. The van der Waals surface area contributed by atoms with Gasteiger partial charge >= 0.3 is 0 Å². The molecule has 0 saturated carbocycles. The van der Waals surface area contributed by atoms with Crippen molar-refractivity contribution in [2.75, 3.05) is 38.2 Å². The van der Waals surface area contributed by atoms with E-state index in [0.29, 0.717) is 12.1 Å². The van der Waals surface area contributed by atoms with Crippen LogP contribution >= 0.6 is 0 Å². The van der Waals surface area contributed by atoms with Gasteiger partial charge in [-0.05, 0) is 18.6 Å². The van der Waals surface area contributed by atoms with Crippen LogP contribution in [0.4, 0.5) is 5.69 Å². The minimum atomic E-state index is 0.211. The Morgan fingerprint density at radius 3 is 2.64 bits per heavy atom. The molecule has 1 fully saturated rings. The third-order valence-electron chi connectivity index (χ3n) is 5.32. The number of aromatic nitrogens is 1. The van der Waals surface area contributed by atoms with E-state index in [1.807, 2.05) is 24.3 Å². The van der Waals surface area contributed by atoms with Crippen LogP contribution in [-0.2, 0) is 4.74 Å². The number of hydrogen-bond acceptors (Lipinski definition) is 5. The second-order valence-corrected chi connectivity index (χ2v) is 7.13. The predicted molar refractivity (Wildman–Crippen MR) is 111 cm³/mol. The van der Waals surface area contributed by atoms with Gasteiger partial charge in [0.1, 0.15) is 6.07 Å². The van der Waals surface area contributed by atoms with Crippen molar-refractivity contribution in [2.24, 2.45) is 0 Å². The van der Waals surface area contributed by atoms with Gasteiger partial charge in [-0.25, -0.2) is 0 Å². The fourth-order valence-electron chi connectivity index (χ4n) is 3.75. The molecular formula is C23H24N4O. The lowest BCUT2D eigenvalue weighted by molar-refractivity contribution is 0.0187. The van der Waals surface area contributed by atoms with Crippen molar-refractivity contribution in [1.29, 1.82) is 5.26 Å². The number of pyridine rings is 1. The van der Waals surface area contributed by atoms with Gasteiger partial charge in [0.2, 0.25) is 0 Å². The molecule has 1 aromatic heterocycles. The first-order valence-corrected chi connectivity index (χ1v) is 9.66. The molecule has 1 unspecified atom stereocenters. The summed E-state index contributed by atoms with van der Waals surface area (Å²) >= 11 is 0. The molecule has 0 amide bonds. The lowest BCUT2D eigenvalue weighted by atomic mass is 10.0. The van der Waals surface area contributed by atoms with E-state index < -0.39 is 0 Å². The van der Waals surface area contributed by atoms with Crippen LogP contribution in [0.1, 0.15) is 22.7 Å². The van der Waals surface area contributed by atoms with Crippen LogP contribution in [-0.4, -0.2) is 42.7 Å². The Morgan fingerprint density at radius 1 is 1.14 bits per heavy atom. The molecule has 1 saturated heterocycles. The molecule has 0 radical (unpaired) electrons. The van der Waals surface area contributed by atoms with Crippen molar-refractivity contribution >= 4 is 16.6 Å². The maximum Gasteiger partial charge on any atom is 0.103 e. The third-order valence-corrected chi connectivity index (χ3v) is 5.32. The number of fused-ring (bicyclic) bond motifs is 1. The van der Waals surface area contributed by atoms with Gasteiger partial charge in [0.25, 0.3) is 0 Å². The topological polar surface area (TPSA) is 61.2 Å². The lowest BCUT2D eigenvalue weighted by Gasteiger charge is -2.35. The van der Waals surface area contributed by atoms with Crippen LogP contribution < -0.4 is 5.32 Å². The van der Waals surface area contributed by atoms with Crippen molar-refractivity contribution in [3.05, 3.63) is 71.4 Å². The molecule has 5 nitrogen and oxygen atoms in total. The first kappa shape index (κ1) is 18.4. The summed E-state index contributed by atoms with van der Waals surface area (Å²) in [5, 5.41) is 14.1. The van der Waals surface area contributed by atoms with Crippen molar-refractivity contribution in [1.82, 2.24) is 9.88 Å². The van der Waals surface area contributed by atoms with Crippen LogP contribution in [0.2, 0.25) is 0 Å². The van der Waals surface area contributed by atoms with E-state index in [2.05, 4.69) is 52.5 Å². The van der Waals surface area contributed by atoms with Crippen LogP contribution in [0, 0.1) is 18.3 Å². The summed E-state index contributed by atoms with van der Waals surface area (Å²) in [4.78, 5) is 6.86. The fraction of sp³-hybridized carbons (Fsp3) is 0.304. The molecule has 4 rings (SSSR count). The van der Waals surface area contributed by atoms with Gasteiger partial charge in [0, 0.05) is 31.2 Å². The Labute approximate surface area is 165 Å². The van der Waals surface area contributed by atoms with Gasteiger partial charge in [0.15, 0.2) is 0 Å². The minimum Gasteiger partial charge on any atom is -0.381 e. The van der Waals surface area contributed by atoms with Crippen LogP contribution in [0.25, 0.3) is 10.9 Å². The average Bonchev–Trinajstić information content (AvgIpc) is 2.75. The van der Waals surface area contributed by atoms with Gasteiger partial charge in [-0.1, -0.05) is 48.0 Å². The molecular weight excluding hydrogens is 348 g/mol. The molecule has 0 aliphatic carbocycles. The Bertz CT molecular complexity index is 988. The normalized spacial score (nSPS) is 15.9. The van der Waals surface area contributed by atoms with E-state index >= 15 is 0 Å². The average molecular weight is 372 g/mol. The number of anilines is 1. The smallest absolute Gasteiger partial charge is 0.103 e. The zero-order chi connectivity index (χ0) is 19.3. The maximum absolute atomic E-state index is 9.58. The number of benzene rings is 2. The van der Waals surface area contributed by atoms with Gasteiger partial charge in [0.05, 0.1) is 36.0 Å². The first-order chi connectivity index (χ1) is 13.8.